The average molecular weight is 451 g/mol. The molecule has 9 heteroatoms. The van der Waals surface area contributed by atoms with Crippen molar-refractivity contribution in [2.75, 3.05) is 19.7 Å². The van der Waals surface area contributed by atoms with Crippen molar-refractivity contribution in [3.63, 3.8) is 0 Å². The Hall–Kier alpha value is -2.48. The number of ether oxygens (including phenoxy) is 1. The zero-order chi connectivity index (χ0) is 20.8. The number of hydrogen-bond donors (Lipinski definition) is 1. The summed E-state index contributed by atoms with van der Waals surface area (Å²) >= 11 is 12.7. The third-order valence-electron chi connectivity index (χ3n) is 3.89. The molecule has 1 saturated heterocycles. The Morgan fingerprint density at radius 3 is 2.55 bits per heavy atom. The van der Waals surface area contributed by atoms with Gasteiger partial charge in [0, 0.05) is 18.1 Å². The van der Waals surface area contributed by atoms with E-state index in [0.29, 0.717) is 20.7 Å². The Bertz CT molecular complexity index is 963. The minimum Gasteiger partial charge on any atom is -0.482 e. The van der Waals surface area contributed by atoms with E-state index in [9.17, 15) is 14.4 Å². The molecule has 1 heterocycles. The number of rotatable bonds is 7. The summed E-state index contributed by atoms with van der Waals surface area (Å²) in [4.78, 5) is 37.9. The lowest BCUT2D eigenvalue weighted by atomic mass is 10.2. The van der Waals surface area contributed by atoms with Crippen molar-refractivity contribution in [1.29, 1.82) is 0 Å². The van der Waals surface area contributed by atoms with Gasteiger partial charge in [-0.3, -0.25) is 19.3 Å². The van der Waals surface area contributed by atoms with Gasteiger partial charge in [-0.1, -0.05) is 47.5 Å². The lowest BCUT2D eigenvalue weighted by Crippen LogP contribution is -2.38. The maximum atomic E-state index is 12.4. The Kier molecular flexibility index (Phi) is 7.19. The summed E-state index contributed by atoms with van der Waals surface area (Å²) in [5.74, 6) is -0.368. The van der Waals surface area contributed by atoms with Crippen LogP contribution in [0.25, 0.3) is 6.08 Å². The van der Waals surface area contributed by atoms with Crippen LogP contribution in [0, 0.1) is 0 Å². The molecule has 0 atom stereocenters. The molecule has 0 aliphatic carbocycles. The highest BCUT2D eigenvalue weighted by Crippen LogP contribution is 2.32. The fourth-order valence-electron chi connectivity index (χ4n) is 2.47. The molecule has 0 unspecified atom stereocenters. The molecule has 0 spiro atoms. The van der Waals surface area contributed by atoms with Gasteiger partial charge in [-0.2, -0.15) is 0 Å². The summed E-state index contributed by atoms with van der Waals surface area (Å²) in [5.41, 5.74) is 0.768. The zero-order valence-electron chi connectivity index (χ0n) is 15.1. The number of halogens is 2. The Morgan fingerprint density at radius 1 is 1.10 bits per heavy atom. The molecular formula is C20H16Cl2N2O4S. The van der Waals surface area contributed by atoms with E-state index >= 15 is 0 Å². The van der Waals surface area contributed by atoms with Gasteiger partial charge in [-0.25, -0.2) is 0 Å². The summed E-state index contributed by atoms with van der Waals surface area (Å²) in [7, 11) is 0. The van der Waals surface area contributed by atoms with Gasteiger partial charge < -0.3 is 10.1 Å². The van der Waals surface area contributed by atoms with Crippen molar-refractivity contribution in [1.82, 2.24) is 10.2 Å². The predicted octanol–water partition coefficient (Wildman–Crippen LogP) is 4.22. The first-order chi connectivity index (χ1) is 13.9. The topological polar surface area (TPSA) is 75.7 Å². The summed E-state index contributed by atoms with van der Waals surface area (Å²) in [6.45, 7) is -0.0282. The van der Waals surface area contributed by atoms with E-state index in [1.807, 2.05) is 0 Å². The number of nitrogens with one attached hydrogen (secondary N) is 1. The SMILES string of the molecule is O=C(COc1ccccc1Cl)NCCN1C(=O)S/C(=C\c2ccc(Cl)cc2)C1=O. The predicted molar refractivity (Wildman–Crippen MR) is 114 cm³/mol. The van der Waals surface area contributed by atoms with Crippen molar-refractivity contribution in [3.8, 4) is 5.75 Å². The molecule has 3 amide bonds. The van der Waals surface area contributed by atoms with Crippen LogP contribution in [0.4, 0.5) is 4.79 Å². The maximum absolute atomic E-state index is 12.4. The molecule has 6 nitrogen and oxygen atoms in total. The second-order valence-corrected chi connectivity index (χ2v) is 7.79. The molecule has 0 bridgehead atoms. The summed E-state index contributed by atoms with van der Waals surface area (Å²) in [6.07, 6.45) is 1.64. The van der Waals surface area contributed by atoms with Crippen molar-refractivity contribution in [2.45, 2.75) is 0 Å². The fraction of sp³-hybridized carbons (Fsp3) is 0.150. The van der Waals surface area contributed by atoms with Crippen molar-refractivity contribution < 1.29 is 19.1 Å². The molecule has 1 N–H and O–H groups in total. The molecule has 1 aliphatic rings. The number of amides is 3. The molecule has 1 aliphatic heterocycles. The minimum atomic E-state index is -0.392. The molecule has 29 heavy (non-hydrogen) atoms. The standard InChI is InChI=1S/C20H16Cl2N2O4S/c21-14-7-5-13(6-8-14)11-17-19(26)24(20(27)29-17)10-9-23-18(25)12-28-16-4-2-1-3-15(16)22/h1-8,11H,9-10,12H2,(H,23,25)/b17-11-. The minimum absolute atomic E-state index is 0.0699. The highest BCUT2D eigenvalue weighted by molar-refractivity contribution is 8.18. The quantitative estimate of drug-likeness (QED) is 0.638. The van der Waals surface area contributed by atoms with Crippen LogP contribution in [-0.4, -0.2) is 41.6 Å². The normalized spacial score (nSPS) is 15.1. The van der Waals surface area contributed by atoms with Crippen LogP contribution in [-0.2, 0) is 9.59 Å². The van der Waals surface area contributed by atoms with Crippen LogP contribution < -0.4 is 10.1 Å². The summed E-state index contributed by atoms with van der Waals surface area (Å²) in [5, 5.41) is 3.23. The number of benzene rings is 2. The monoisotopic (exact) mass is 450 g/mol. The van der Waals surface area contributed by atoms with Crippen molar-refractivity contribution in [3.05, 3.63) is 69.0 Å². The van der Waals surface area contributed by atoms with Gasteiger partial charge in [0.1, 0.15) is 5.75 Å². The number of nitrogens with zero attached hydrogens (tertiary/aromatic N) is 1. The van der Waals surface area contributed by atoms with Gasteiger partial charge in [0.25, 0.3) is 17.1 Å². The molecule has 2 aromatic carbocycles. The molecule has 150 valence electrons. The van der Waals surface area contributed by atoms with Gasteiger partial charge in [0.05, 0.1) is 9.93 Å². The van der Waals surface area contributed by atoms with E-state index in [4.69, 9.17) is 27.9 Å². The molecular weight excluding hydrogens is 435 g/mol. The summed E-state index contributed by atoms with van der Waals surface area (Å²) < 4.78 is 5.34. The molecule has 2 aromatic rings. The summed E-state index contributed by atoms with van der Waals surface area (Å²) in [6, 6.07) is 13.7. The van der Waals surface area contributed by atoms with Gasteiger partial charge in [-0.05, 0) is 47.7 Å². The highest BCUT2D eigenvalue weighted by atomic mass is 35.5. The highest BCUT2D eigenvalue weighted by Gasteiger charge is 2.34. The Morgan fingerprint density at radius 2 is 1.83 bits per heavy atom. The third-order valence-corrected chi connectivity index (χ3v) is 5.37. The van der Waals surface area contributed by atoms with Crippen LogP contribution in [0.1, 0.15) is 5.56 Å². The smallest absolute Gasteiger partial charge is 0.293 e. The van der Waals surface area contributed by atoms with E-state index in [-0.39, 0.29) is 30.8 Å². The van der Waals surface area contributed by atoms with Crippen LogP contribution in [0.15, 0.2) is 53.4 Å². The lowest BCUT2D eigenvalue weighted by molar-refractivity contribution is -0.125. The van der Waals surface area contributed by atoms with Crippen LogP contribution in [0.3, 0.4) is 0 Å². The fourth-order valence-corrected chi connectivity index (χ4v) is 3.65. The molecule has 3 rings (SSSR count). The van der Waals surface area contributed by atoms with E-state index < -0.39 is 5.91 Å². The van der Waals surface area contributed by atoms with Gasteiger partial charge >= 0.3 is 0 Å². The van der Waals surface area contributed by atoms with Crippen molar-refractivity contribution >= 4 is 58.1 Å². The van der Waals surface area contributed by atoms with E-state index in [1.165, 1.54) is 0 Å². The first kappa shape index (κ1) is 21.2. The largest absolute Gasteiger partial charge is 0.482 e. The van der Waals surface area contributed by atoms with Crippen LogP contribution >= 0.6 is 35.0 Å². The van der Waals surface area contributed by atoms with Gasteiger partial charge in [-0.15, -0.1) is 0 Å². The van der Waals surface area contributed by atoms with E-state index in [1.54, 1.807) is 54.6 Å². The number of para-hydroxylation sites is 1. The number of imide groups is 1. The molecule has 1 fully saturated rings. The Labute approximate surface area is 181 Å². The number of carbonyl (C=O) groups is 3. The van der Waals surface area contributed by atoms with E-state index in [2.05, 4.69) is 5.32 Å². The molecule has 0 aromatic heterocycles. The number of hydrogen-bond acceptors (Lipinski definition) is 5. The zero-order valence-corrected chi connectivity index (χ0v) is 17.4. The second kappa shape index (κ2) is 9.82. The van der Waals surface area contributed by atoms with E-state index in [0.717, 1.165) is 22.2 Å². The van der Waals surface area contributed by atoms with Gasteiger partial charge in [0.2, 0.25) is 0 Å². The lowest BCUT2D eigenvalue weighted by Gasteiger charge is -2.13. The van der Waals surface area contributed by atoms with Crippen LogP contribution in [0.5, 0.6) is 5.75 Å². The first-order valence-corrected chi connectivity index (χ1v) is 10.2. The van der Waals surface area contributed by atoms with Gasteiger partial charge in [0.15, 0.2) is 6.61 Å². The number of carbonyl (C=O) groups excluding carboxylic acids is 3. The third kappa shape index (κ3) is 5.76. The average Bonchev–Trinajstić information content (AvgIpc) is 2.96. The second-order valence-electron chi connectivity index (χ2n) is 5.95. The Balaban J connectivity index is 1.48. The van der Waals surface area contributed by atoms with Crippen LogP contribution in [0.2, 0.25) is 10.0 Å². The molecule has 0 radical (unpaired) electrons. The number of thioether (sulfide) groups is 1. The maximum Gasteiger partial charge on any atom is 0.293 e. The first-order valence-electron chi connectivity index (χ1n) is 8.59. The van der Waals surface area contributed by atoms with Crippen molar-refractivity contribution in [2.24, 2.45) is 0 Å². The molecule has 0 saturated carbocycles.